The molecule has 9 rings (SSSR count). The smallest absolute Gasteiger partial charge is 0.0541 e. The molecule has 7 aromatic carbocycles. The first-order valence-corrected chi connectivity index (χ1v) is 17.2. The minimum atomic E-state index is -0.0639. The number of fused-ring (bicyclic) bond motifs is 6. The van der Waals surface area contributed by atoms with Gasteiger partial charge < -0.3 is 9.47 Å². The van der Waals surface area contributed by atoms with E-state index in [1.165, 1.54) is 77.7 Å². The second-order valence-electron chi connectivity index (χ2n) is 14.0. The van der Waals surface area contributed by atoms with Crippen molar-refractivity contribution in [2.45, 2.75) is 33.1 Å². The van der Waals surface area contributed by atoms with E-state index in [2.05, 4.69) is 195 Å². The molecule has 1 aliphatic carbocycles. The van der Waals surface area contributed by atoms with Crippen molar-refractivity contribution in [2.24, 2.45) is 0 Å². The first-order chi connectivity index (χ1) is 23.9. The monoisotopic (exact) mass is 630 g/mol. The van der Waals surface area contributed by atoms with Crippen LogP contribution in [0.1, 0.15) is 36.1 Å². The lowest BCUT2D eigenvalue weighted by atomic mass is 9.82. The molecule has 0 saturated heterocycles. The zero-order valence-corrected chi connectivity index (χ0v) is 28.4. The van der Waals surface area contributed by atoms with Crippen molar-refractivity contribution in [1.82, 2.24) is 4.57 Å². The highest BCUT2D eigenvalue weighted by atomic mass is 15.1. The molecule has 0 saturated carbocycles. The fourth-order valence-electron chi connectivity index (χ4n) is 7.95. The van der Waals surface area contributed by atoms with Gasteiger partial charge in [-0.05, 0) is 120 Å². The third-order valence-electron chi connectivity index (χ3n) is 10.5. The normalized spacial score (nSPS) is 13.1. The van der Waals surface area contributed by atoms with Gasteiger partial charge in [0.05, 0.1) is 11.0 Å². The summed E-state index contributed by atoms with van der Waals surface area (Å²) in [5.74, 6) is 0. The van der Waals surface area contributed by atoms with Crippen LogP contribution in [0.3, 0.4) is 0 Å². The van der Waals surface area contributed by atoms with E-state index < -0.39 is 0 Å². The van der Waals surface area contributed by atoms with Gasteiger partial charge in [-0.2, -0.15) is 0 Å². The van der Waals surface area contributed by atoms with E-state index in [0.29, 0.717) is 0 Å². The Bertz CT molecular complexity index is 2520. The lowest BCUT2D eigenvalue weighted by Crippen LogP contribution is -2.16. The maximum absolute atomic E-state index is 2.40. The molecule has 1 aromatic heterocycles. The van der Waals surface area contributed by atoms with E-state index in [9.17, 15) is 0 Å². The molecule has 1 heterocycles. The molecule has 0 fully saturated rings. The van der Waals surface area contributed by atoms with Gasteiger partial charge in [-0.3, -0.25) is 0 Å². The molecule has 0 amide bonds. The highest BCUT2D eigenvalue weighted by molar-refractivity contribution is 6.10. The molecule has 236 valence electrons. The topological polar surface area (TPSA) is 8.17 Å². The van der Waals surface area contributed by atoms with Crippen LogP contribution in [0.25, 0.3) is 49.7 Å². The molecule has 0 aliphatic heterocycles. The molecule has 2 heteroatoms. The summed E-state index contributed by atoms with van der Waals surface area (Å²) in [6, 6.07) is 58.2. The summed E-state index contributed by atoms with van der Waals surface area (Å²) in [5.41, 5.74) is 17.4. The van der Waals surface area contributed by atoms with E-state index >= 15 is 0 Å². The molecule has 8 aromatic rings. The first-order valence-electron chi connectivity index (χ1n) is 17.2. The SMILES string of the molecule is Cc1ccc(N(c2ccc(-c3ccc4c(c3)c3cc(C)ccc3n4-c3ccccc3)cc2)c2ccc3c(c2)C(C)(C)c2ccccc2-3)cc1. The lowest BCUT2D eigenvalue weighted by Gasteiger charge is -2.28. The summed E-state index contributed by atoms with van der Waals surface area (Å²) in [6.07, 6.45) is 0. The van der Waals surface area contributed by atoms with Crippen molar-refractivity contribution in [2.75, 3.05) is 4.90 Å². The molecule has 0 spiro atoms. The number of anilines is 3. The molecule has 0 unspecified atom stereocenters. The Morgan fingerprint density at radius 2 is 1.02 bits per heavy atom. The zero-order chi connectivity index (χ0) is 33.3. The molecule has 0 bridgehead atoms. The van der Waals surface area contributed by atoms with Crippen LogP contribution >= 0.6 is 0 Å². The number of para-hydroxylation sites is 1. The molecule has 49 heavy (non-hydrogen) atoms. The second-order valence-corrected chi connectivity index (χ2v) is 14.0. The molecule has 1 aliphatic rings. The van der Waals surface area contributed by atoms with Gasteiger partial charge in [-0.15, -0.1) is 0 Å². The maximum Gasteiger partial charge on any atom is 0.0541 e. The van der Waals surface area contributed by atoms with Crippen LogP contribution in [0.5, 0.6) is 0 Å². The van der Waals surface area contributed by atoms with Crippen LogP contribution < -0.4 is 4.90 Å². The van der Waals surface area contributed by atoms with Gasteiger partial charge in [-0.1, -0.05) is 110 Å². The molecule has 0 N–H and O–H groups in total. The Labute approximate surface area is 288 Å². The number of benzene rings is 7. The van der Waals surface area contributed by atoms with E-state index in [0.717, 1.165) is 11.4 Å². The number of rotatable bonds is 5. The quantitative estimate of drug-likeness (QED) is 0.184. The van der Waals surface area contributed by atoms with Gasteiger partial charge in [0.1, 0.15) is 0 Å². The van der Waals surface area contributed by atoms with Gasteiger partial charge in [0.25, 0.3) is 0 Å². The van der Waals surface area contributed by atoms with E-state index in [4.69, 9.17) is 0 Å². The van der Waals surface area contributed by atoms with Gasteiger partial charge in [0.2, 0.25) is 0 Å². The first kappa shape index (κ1) is 29.3. The molecular weight excluding hydrogens is 593 g/mol. The van der Waals surface area contributed by atoms with Crippen LogP contribution in [0.2, 0.25) is 0 Å². The fraction of sp³-hybridized carbons (Fsp3) is 0.106. The largest absolute Gasteiger partial charge is 0.310 e. The number of aryl methyl sites for hydroxylation is 2. The minimum Gasteiger partial charge on any atom is -0.310 e. The summed E-state index contributed by atoms with van der Waals surface area (Å²) >= 11 is 0. The molecular formula is C47H38N2. The van der Waals surface area contributed by atoms with E-state index in [1.807, 2.05) is 0 Å². The third kappa shape index (κ3) is 4.70. The fourth-order valence-corrected chi connectivity index (χ4v) is 7.95. The minimum absolute atomic E-state index is 0.0639. The summed E-state index contributed by atoms with van der Waals surface area (Å²) in [7, 11) is 0. The standard InChI is InChI=1S/C47H38N2/c1-31-14-20-36(21-15-31)48(38-24-25-40-39-12-8-9-13-43(39)47(3,4)44(40)30-38)37-22-17-33(18-23-37)34-19-27-46-42(29-34)41-28-32(2)16-26-45(41)49(46)35-10-6-5-7-11-35/h5-30H,1-4H3. The predicted octanol–water partition coefficient (Wildman–Crippen LogP) is 12.8. The predicted molar refractivity (Wildman–Crippen MR) is 208 cm³/mol. The van der Waals surface area contributed by atoms with Gasteiger partial charge in [0.15, 0.2) is 0 Å². The number of aromatic nitrogens is 1. The van der Waals surface area contributed by atoms with E-state index in [-0.39, 0.29) is 5.41 Å². The van der Waals surface area contributed by atoms with Crippen molar-refractivity contribution in [1.29, 1.82) is 0 Å². The molecule has 0 radical (unpaired) electrons. The Hall–Kier alpha value is -5.86. The highest BCUT2D eigenvalue weighted by Gasteiger charge is 2.35. The Morgan fingerprint density at radius 3 is 1.78 bits per heavy atom. The van der Waals surface area contributed by atoms with E-state index in [1.54, 1.807) is 0 Å². The number of hydrogen-bond acceptors (Lipinski definition) is 1. The average molecular weight is 631 g/mol. The van der Waals surface area contributed by atoms with Gasteiger partial charge in [0, 0.05) is 38.9 Å². The van der Waals surface area contributed by atoms with Crippen molar-refractivity contribution >= 4 is 38.9 Å². The van der Waals surface area contributed by atoms with Gasteiger partial charge in [-0.25, -0.2) is 0 Å². The van der Waals surface area contributed by atoms with Crippen LogP contribution in [-0.2, 0) is 5.41 Å². The number of nitrogens with zero attached hydrogens (tertiary/aromatic N) is 2. The van der Waals surface area contributed by atoms with Crippen molar-refractivity contribution in [3.8, 4) is 27.9 Å². The lowest BCUT2D eigenvalue weighted by molar-refractivity contribution is 0.660. The second kappa shape index (κ2) is 11.1. The Morgan fingerprint density at radius 1 is 0.449 bits per heavy atom. The summed E-state index contributed by atoms with van der Waals surface area (Å²) in [4.78, 5) is 2.39. The average Bonchev–Trinajstić information content (AvgIpc) is 3.57. The van der Waals surface area contributed by atoms with Crippen LogP contribution in [-0.4, -0.2) is 4.57 Å². The summed E-state index contributed by atoms with van der Waals surface area (Å²) in [6.45, 7) is 9.02. The highest BCUT2D eigenvalue weighted by Crippen LogP contribution is 2.50. The van der Waals surface area contributed by atoms with Crippen molar-refractivity contribution in [3.05, 3.63) is 180 Å². The zero-order valence-electron chi connectivity index (χ0n) is 28.4. The third-order valence-corrected chi connectivity index (χ3v) is 10.5. The van der Waals surface area contributed by atoms with Crippen LogP contribution in [0.4, 0.5) is 17.1 Å². The summed E-state index contributed by atoms with van der Waals surface area (Å²) in [5, 5.41) is 2.55. The maximum atomic E-state index is 2.40. The Balaban J connectivity index is 1.14. The van der Waals surface area contributed by atoms with Crippen molar-refractivity contribution in [3.63, 3.8) is 0 Å². The van der Waals surface area contributed by atoms with Gasteiger partial charge >= 0.3 is 0 Å². The molecule has 0 atom stereocenters. The van der Waals surface area contributed by atoms with Crippen LogP contribution in [0.15, 0.2) is 158 Å². The van der Waals surface area contributed by atoms with Crippen LogP contribution in [0, 0.1) is 13.8 Å². The molecule has 2 nitrogen and oxygen atoms in total. The summed E-state index contributed by atoms with van der Waals surface area (Å²) < 4.78 is 2.38. The van der Waals surface area contributed by atoms with Crippen molar-refractivity contribution < 1.29 is 0 Å². The Kier molecular flexibility index (Phi) is 6.64. The number of hydrogen-bond donors (Lipinski definition) is 0.